The summed E-state index contributed by atoms with van der Waals surface area (Å²) < 4.78 is 0. The number of thiophene rings is 2. The fraction of sp³-hybridized carbons (Fsp3) is 0.167. The Kier molecular flexibility index (Phi) is 3.24. The Balaban J connectivity index is 1.62. The van der Waals surface area contributed by atoms with Gasteiger partial charge in [0, 0.05) is 20.5 Å². The Morgan fingerprint density at radius 2 is 1.48 bits per heavy atom. The Hall–Kier alpha value is -1.71. The molecule has 0 atom stereocenters. The van der Waals surface area contributed by atoms with Crippen LogP contribution in [0, 0.1) is 5.92 Å². The van der Waals surface area contributed by atoms with E-state index >= 15 is 0 Å². The zero-order valence-corrected chi connectivity index (χ0v) is 13.0. The van der Waals surface area contributed by atoms with E-state index in [0.29, 0.717) is 11.7 Å². The van der Waals surface area contributed by atoms with Crippen molar-refractivity contribution in [3.05, 3.63) is 59.5 Å². The third kappa shape index (κ3) is 2.59. The summed E-state index contributed by atoms with van der Waals surface area (Å²) in [6.45, 7) is 0. The molecule has 0 radical (unpaired) electrons. The third-order valence-electron chi connectivity index (χ3n) is 3.70. The second-order valence-corrected chi connectivity index (χ2v) is 7.50. The summed E-state index contributed by atoms with van der Waals surface area (Å²) in [6.07, 6.45) is 2.15. The molecule has 3 heteroatoms. The number of carbonyl (C=O) groups excluding carboxylic acids is 1. The number of rotatable bonds is 4. The lowest BCUT2D eigenvalue weighted by atomic mass is 10.2. The molecule has 0 aliphatic heterocycles. The number of Topliss-reactive ketones (excluding diaryl/α,β-unsaturated/α-hetero) is 1. The first-order valence-electron chi connectivity index (χ1n) is 7.11. The molecule has 3 aromatic rings. The van der Waals surface area contributed by atoms with E-state index in [9.17, 15) is 4.79 Å². The fourth-order valence-corrected chi connectivity index (χ4v) is 4.50. The standard InChI is InChI=1S/C18H14OS2/c19-18(13-6-7-13)17-11-10-16(21-17)15-9-8-14(20-15)12-4-2-1-3-5-12/h1-5,8-11,13H,6-7H2. The lowest BCUT2D eigenvalue weighted by molar-refractivity contribution is 0.0971. The number of ketones is 1. The summed E-state index contributed by atoms with van der Waals surface area (Å²) in [4.78, 5) is 16.7. The molecule has 0 bridgehead atoms. The molecule has 0 unspecified atom stereocenters. The van der Waals surface area contributed by atoms with Crippen molar-refractivity contribution in [2.75, 3.05) is 0 Å². The van der Waals surface area contributed by atoms with Gasteiger partial charge >= 0.3 is 0 Å². The monoisotopic (exact) mass is 310 g/mol. The molecule has 104 valence electrons. The molecule has 4 rings (SSSR count). The maximum absolute atomic E-state index is 12.1. The molecule has 1 nitrogen and oxygen atoms in total. The van der Waals surface area contributed by atoms with Crippen LogP contribution in [0.5, 0.6) is 0 Å². The average Bonchev–Trinajstić information content (AvgIpc) is 3.06. The second kappa shape index (κ2) is 5.24. The predicted octanol–water partition coefficient (Wildman–Crippen LogP) is 5.74. The Bertz CT molecular complexity index is 778. The summed E-state index contributed by atoms with van der Waals surface area (Å²) in [6, 6.07) is 18.8. The number of carbonyl (C=O) groups is 1. The fourth-order valence-electron chi connectivity index (χ4n) is 2.38. The van der Waals surface area contributed by atoms with Crippen molar-refractivity contribution in [2.45, 2.75) is 12.8 Å². The van der Waals surface area contributed by atoms with Gasteiger partial charge in [-0.1, -0.05) is 30.3 Å². The minimum absolute atomic E-state index is 0.305. The number of hydrogen-bond donors (Lipinski definition) is 0. The van der Waals surface area contributed by atoms with Crippen molar-refractivity contribution in [3.8, 4) is 20.2 Å². The van der Waals surface area contributed by atoms with Crippen molar-refractivity contribution in [3.63, 3.8) is 0 Å². The highest BCUT2D eigenvalue weighted by atomic mass is 32.1. The van der Waals surface area contributed by atoms with Crippen LogP contribution in [0.1, 0.15) is 22.5 Å². The summed E-state index contributed by atoms with van der Waals surface area (Å²) in [5.74, 6) is 0.644. The van der Waals surface area contributed by atoms with Gasteiger partial charge in [-0.25, -0.2) is 0 Å². The van der Waals surface area contributed by atoms with Gasteiger partial charge in [0.25, 0.3) is 0 Å². The highest BCUT2D eigenvalue weighted by Crippen LogP contribution is 2.40. The van der Waals surface area contributed by atoms with E-state index in [-0.39, 0.29) is 0 Å². The third-order valence-corrected chi connectivity index (χ3v) is 6.13. The van der Waals surface area contributed by atoms with Crippen LogP contribution in [0.3, 0.4) is 0 Å². The van der Waals surface area contributed by atoms with Gasteiger partial charge in [-0.3, -0.25) is 4.79 Å². The van der Waals surface area contributed by atoms with Crippen molar-refractivity contribution in [1.82, 2.24) is 0 Å². The molecule has 1 saturated carbocycles. The van der Waals surface area contributed by atoms with Gasteiger partial charge in [0.15, 0.2) is 5.78 Å². The summed E-state index contributed by atoms with van der Waals surface area (Å²) in [5, 5.41) is 0. The van der Waals surface area contributed by atoms with Crippen LogP contribution in [-0.2, 0) is 0 Å². The van der Waals surface area contributed by atoms with E-state index in [1.54, 1.807) is 22.7 Å². The lowest BCUT2D eigenvalue weighted by Crippen LogP contribution is -1.96. The van der Waals surface area contributed by atoms with Crippen molar-refractivity contribution >= 4 is 28.5 Å². The van der Waals surface area contributed by atoms with Gasteiger partial charge in [0.1, 0.15) is 0 Å². The molecule has 0 spiro atoms. The average molecular weight is 310 g/mol. The van der Waals surface area contributed by atoms with Crippen LogP contribution in [-0.4, -0.2) is 5.78 Å². The second-order valence-electron chi connectivity index (χ2n) is 5.33. The first kappa shape index (κ1) is 13.0. The molecule has 2 heterocycles. The van der Waals surface area contributed by atoms with Gasteiger partial charge in [-0.15, -0.1) is 22.7 Å². The Morgan fingerprint density at radius 3 is 2.24 bits per heavy atom. The number of benzene rings is 1. The van der Waals surface area contributed by atoms with Gasteiger partial charge < -0.3 is 0 Å². The van der Waals surface area contributed by atoms with Gasteiger partial charge in [-0.05, 0) is 42.7 Å². The quantitative estimate of drug-likeness (QED) is 0.562. The Labute approximate surface area is 131 Å². The van der Waals surface area contributed by atoms with Crippen molar-refractivity contribution < 1.29 is 4.79 Å². The molecule has 0 N–H and O–H groups in total. The largest absolute Gasteiger partial charge is 0.293 e. The van der Waals surface area contributed by atoms with Crippen LogP contribution < -0.4 is 0 Å². The summed E-state index contributed by atoms with van der Waals surface area (Å²) in [7, 11) is 0. The highest BCUT2D eigenvalue weighted by Gasteiger charge is 2.31. The summed E-state index contributed by atoms with van der Waals surface area (Å²) >= 11 is 3.42. The van der Waals surface area contributed by atoms with Gasteiger partial charge in [0.05, 0.1) is 4.88 Å². The lowest BCUT2D eigenvalue weighted by Gasteiger charge is -1.95. The van der Waals surface area contributed by atoms with E-state index in [4.69, 9.17) is 0 Å². The molecule has 2 aromatic heterocycles. The molecule has 21 heavy (non-hydrogen) atoms. The van der Waals surface area contributed by atoms with Crippen molar-refractivity contribution in [1.29, 1.82) is 0 Å². The van der Waals surface area contributed by atoms with Gasteiger partial charge in [-0.2, -0.15) is 0 Å². The van der Waals surface area contributed by atoms with E-state index < -0.39 is 0 Å². The maximum atomic E-state index is 12.1. The van der Waals surface area contributed by atoms with E-state index in [1.165, 1.54) is 20.2 Å². The normalized spacial score (nSPS) is 14.3. The zero-order chi connectivity index (χ0) is 14.2. The van der Waals surface area contributed by atoms with Crippen molar-refractivity contribution in [2.24, 2.45) is 5.92 Å². The predicted molar refractivity (Wildman–Crippen MR) is 90.1 cm³/mol. The molecule has 1 aliphatic carbocycles. The minimum atomic E-state index is 0.305. The summed E-state index contributed by atoms with van der Waals surface area (Å²) in [5.41, 5.74) is 1.25. The number of hydrogen-bond acceptors (Lipinski definition) is 3. The molecule has 0 amide bonds. The SMILES string of the molecule is O=C(c1ccc(-c2ccc(-c3ccccc3)s2)s1)C1CC1. The molecule has 1 fully saturated rings. The molecule has 0 saturated heterocycles. The Morgan fingerprint density at radius 1 is 0.810 bits per heavy atom. The molecular weight excluding hydrogens is 296 g/mol. The van der Waals surface area contributed by atoms with E-state index in [1.807, 2.05) is 12.1 Å². The minimum Gasteiger partial charge on any atom is -0.293 e. The van der Waals surface area contributed by atoms with Crippen LogP contribution in [0.2, 0.25) is 0 Å². The molecule has 1 aliphatic rings. The molecular formula is C18H14OS2. The van der Waals surface area contributed by atoms with Crippen LogP contribution in [0.4, 0.5) is 0 Å². The first-order chi connectivity index (χ1) is 10.3. The van der Waals surface area contributed by atoms with Gasteiger partial charge in [0.2, 0.25) is 0 Å². The highest BCUT2D eigenvalue weighted by molar-refractivity contribution is 7.24. The van der Waals surface area contributed by atoms with E-state index in [0.717, 1.165) is 17.7 Å². The van der Waals surface area contributed by atoms with Crippen LogP contribution in [0.15, 0.2) is 54.6 Å². The first-order valence-corrected chi connectivity index (χ1v) is 8.74. The van der Waals surface area contributed by atoms with Crippen LogP contribution >= 0.6 is 22.7 Å². The molecule has 1 aromatic carbocycles. The smallest absolute Gasteiger partial charge is 0.175 e. The topological polar surface area (TPSA) is 17.1 Å². The van der Waals surface area contributed by atoms with E-state index in [2.05, 4.69) is 42.5 Å². The van der Waals surface area contributed by atoms with Crippen LogP contribution in [0.25, 0.3) is 20.2 Å². The maximum Gasteiger partial charge on any atom is 0.175 e. The zero-order valence-electron chi connectivity index (χ0n) is 11.4.